The second-order valence-corrected chi connectivity index (χ2v) is 10.2. The molecule has 2 aromatic heterocycles. The molecule has 2 aromatic carbocycles. The fraction of sp³-hybridized carbons (Fsp3) is 0.250. The van der Waals surface area contributed by atoms with Gasteiger partial charge < -0.3 is 4.90 Å². The Morgan fingerprint density at radius 2 is 1.78 bits per heavy atom. The Balaban J connectivity index is 1.37. The van der Waals surface area contributed by atoms with E-state index in [1.807, 2.05) is 72.8 Å². The monoisotopic (exact) mass is 498 g/mol. The summed E-state index contributed by atoms with van der Waals surface area (Å²) in [5.74, 6) is -0.788. The van der Waals surface area contributed by atoms with Gasteiger partial charge in [-0.3, -0.25) is 24.3 Å². The predicted molar refractivity (Wildman–Crippen MR) is 138 cm³/mol. The third-order valence-electron chi connectivity index (χ3n) is 6.64. The number of para-hydroxylation sites is 1. The molecule has 0 bridgehead atoms. The highest BCUT2D eigenvalue weighted by Gasteiger charge is 2.53. The van der Waals surface area contributed by atoms with E-state index in [-0.39, 0.29) is 37.1 Å². The third kappa shape index (κ3) is 4.64. The Labute approximate surface area is 213 Å². The summed E-state index contributed by atoms with van der Waals surface area (Å²) in [6.07, 6.45) is 2.05. The van der Waals surface area contributed by atoms with Crippen LogP contribution in [0.5, 0.6) is 0 Å². The summed E-state index contributed by atoms with van der Waals surface area (Å²) in [6.45, 7) is 0.577. The molecule has 182 valence electrons. The molecule has 4 aromatic rings. The summed E-state index contributed by atoms with van der Waals surface area (Å²) in [5, 5.41) is 0.826. The SMILES string of the molecule is CN(Cc1nc2ccccc2s1)C(=O)C[C@@]1(c2ccccc2)CC(=O)N(CCc2ccccn2)C1=O. The van der Waals surface area contributed by atoms with Crippen LogP contribution in [0.2, 0.25) is 0 Å². The number of likely N-dealkylation sites (tertiary alicyclic amines) is 1. The van der Waals surface area contributed by atoms with Gasteiger partial charge in [0, 0.05) is 44.7 Å². The van der Waals surface area contributed by atoms with Gasteiger partial charge in [-0.05, 0) is 29.8 Å². The molecule has 0 saturated carbocycles. The first-order chi connectivity index (χ1) is 17.5. The van der Waals surface area contributed by atoms with Gasteiger partial charge in [0.05, 0.1) is 22.2 Å². The molecular formula is C28H26N4O3S. The Morgan fingerprint density at radius 3 is 2.53 bits per heavy atom. The number of nitrogens with zero attached hydrogens (tertiary/aromatic N) is 4. The van der Waals surface area contributed by atoms with Crippen molar-refractivity contribution in [3.8, 4) is 0 Å². The lowest BCUT2D eigenvalue weighted by Crippen LogP contribution is -2.43. The molecule has 1 saturated heterocycles. The first-order valence-corrected chi connectivity index (χ1v) is 12.7. The average Bonchev–Trinajstić information content (AvgIpc) is 3.41. The Hall–Kier alpha value is -3.91. The van der Waals surface area contributed by atoms with Crippen molar-refractivity contribution in [3.05, 3.63) is 95.3 Å². The van der Waals surface area contributed by atoms with Gasteiger partial charge in [0.1, 0.15) is 5.01 Å². The first kappa shape index (κ1) is 23.8. The first-order valence-electron chi connectivity index (χ1n) is 11.8. The summed E-state index contributed by atoms with van der Waals surface area (Å²) in [7, 11) is 1.72. The van der Waals surface area contributed by atoms with E-state index in [9.17, 15) is 14.4 Å². The lowest BCUT2D eigenvalue weighted by atomic mass is 9.75. The van der Waals surface area contributed by atoms with Crippen molar-refractivity contribution in [2.45, 2.75) is 31.2 Å². The van der Waals surface area contributed by atoms with Gasteiger partial charge in [-0.2, -0.15) is 0 Å². The van der Waals surface area contributed by atoms with E-state index in [0.717, 1.165) is 20.9 Å². The number of imide groups is 1. The number of benzene rings is 2. The van der Waals surface area contributed by atoms with Crippen LogP contribution in [-0.4, -0.2) is 51.1 Å². The molecule has 3 heterocycles. The maximum atomic E-state index is 13.8. The molecule has 7 nitrogen and oxygen atoms in total. The Bertz CT molecular complexity index is 1370. The molecule has 1 aliphatic heterocycles. The van der Waals surface area contributed by atoms with E-state index >= 15 is 0 Å². The molecule has 0 spiro atoms. The van der Waals surface area contributed by atoms with Crippen molar-refractivity contribution < 1.29 is 14.4 Å². The van der Waals surface area contributed by atoms with Crippen LogP contribution in [0.3, 0.4) is 0 Å². The number of hydrogen-bond acceptors (Lipinski definition) is 6. The molecule has 0 N–H and O–H groups in total. The average molecular weight is 499 g/mol. The highest BCUT2D eigenvalue weighted by Crippen LogP contribution is 2.40. The van der Waals surface area contributed by atoms with Crippen LogP contribution in [0.4, 0.5) is 0 Å². The van der Waals surface area contributed by atoms with E-state index in [4.69, 9.17) is 0 Å². The molecule has 1 fully saturated rings. The quantitative estimate of drug-likeness (QED) is 0.343. The van der Waals surface area contributed by atoms with Crippen molar-refractivity contribution in [1.29, 1.82) is 0 Å². The van der Waals surface area contributed by atoms with Crippen LogP contribution >= 0.6 is 11.3 Å². The Morgan fingerprint density at radius 1 is 1.03 bits per heavy atom. The molecule has 0 aliphatic carbocycles. The molecular weight excluding hydrogens is 472 g/mol. The van der Waals surface area contributed by atoms with Crippen molar-refractivity contribution in [2.75, 3.05) is 13.6 Å². The fourth-order valence-corrected chi connectivity index (χ4v) is 5.71. The van der Waals surface area contributed by atoms with Crippen molar-refractivity contribution >= 4 is 39.3 Å². The molecule has 36 heavy (non-hydrogen) atoms. The maximum absolute atomic E-state index is 13.8. The molecule has 1 atom stereocenters. The van der Waals surface area contributed by atoms with Gasteiger partial charge in [0.25, 0.3) is 0 Å². The van der Waals surface area contributed by atoms with E-state index < -0.39 is 5.41 Å². The number of carbonyl (C=O) groups excluding carboxylic acids is 3. The van der Waals surface area contributed by atoms with Crippen LogP contribution in [0.25, 0.3) is 10.2 Å². The van der Waals surface area contributed by atoms with Gasteiger partial charge in [0.15, 0.2) is 0 Å². The van der Waals surface area contributed by atoms with Crippen LogP contribution in [-0.2, 0) is 32.8 Å². The third-order valence-corrected chi connectivity index (χ3v) is 7.66. The molecule has 3 amide bonds. The minimum absolute atomic E-state index is 0.0290. The van der Waals surface area contributed by atoms with Gasteiger partial charge in [0.2, 0.25) is 17.7 Å². The minimum Gasteiger partial charge on any atom is -0.339 e. The number of fused-ring (bicyclic) bond motifs is 1. The zero-order valence-electron chi connectivity index (χ0n) is 20.0. The molecule has 5 rings (SSSR count). The van der Waals surface area contributed by atoms with Crippen LogP contribution in [0, 0.1) is 0 Å². The van der Waals surface area contributed by atoms with Crippen molar-refractivity contribution in [1.82, 2.24) is 19.8 Å². The zero-order chi connectivity index (χ0) is 25.1. The summed E-state index contributed by atoms with van der Waals surface area (Å²) in [4.78, 5) is 52.1. The molecule has 0 radical (unpaired) electrons. The standard InChI is InChI=1S/C28H26N4O3S/c1-31(19-24-30-22-12-5-6-13-23(22)36-24)25(33)17-28(20-9-3-2-4-10-20)18-26(34)32(27(28)35)16-14-21-11-7-8-15-29-21/h2-13,15H,14,16-19H2,1H3/t28-/m0/s1. The summed E-state index contributed by atoms with van der Waals surface area (Å²) < 4.78 is 1.06. The highest BCUT2D eigenvalue weighted by molar-refractivity contribution is 7.18. The van der Waals surface area contributed by atoms with E-state index in [0.29, 0.717) is 18.5 Å². The van der Waals surface area contributed by atoms with Gasteiger partial charge >= 0.3 is 0 Å². The molecule has 0 unspecified atom stereocenters. The minimum atomic E-state index is -1.22. The zero-order valence-corrected chi connectivity index (χ0v) is 20.8. The Kier molecular flexibility index (Phi) is 6.61. The van der Waals surface area contributed by atoms with Gasteiger partial charge in [-0.25, -0.2) is 4.98 Å². The number of rotatable bonds is 8. The highest BCUT2D eigenvalue weighted by atomic mass is 32.1. The summed E-state index contributed by atoms with van der Waals surface area (Å²) in [6, 6.07) is 22.6. The topological polar surface area (TPSA) is 83.5 Å². The smallest absolute Gasteiger partial charge is 0.240 e. The van der Waals surface area contributed by atoms with Crippen molar-refractivity contribution in [2.24, 2.45) is 0 Å². The van der Waals surface area contributed by atoms with E-state index in [2.05, 4.69) is 9.97 Å². The second kappa shape index (κ2) is 9.99. The lowest BCUT2D eigenvalue weighted by Gasteiger charge is -2.29. The van der Waals surface area contributed by atoms with Crippen LogP contribution < -0.4 is 0 Å². The van der Waals surface area contributed by atoms with Crippen LogP contribution in [0.1, 0.15) is 29.1 Å². The number of thiazole rings is 1. The van der Waals surface area contributed by atoms with Crippen LogP contribution in [0.15, 0.2) is 79.0 Å². The molecule has 8 heteroatoms. The van der Waals surface area contributed by atoms with Gasteiger partial charge in [-0.15, -0.1) is 11.3 Å². The molecule has 1 aliphatic rings. The largest absolute Gasteiger partial charge is 0.339 e. The van der Waals surface area contributed by atoms with Crippen molar-refractivity contribution in [3.63, 3.8) is 0 Å². The fourth-order valence-electron chi connectivity index (χ4n) is 4.69. The number of hydrogen-bond donors (Lipinski definition) is 0. The van der Waals surface area contributed by atoms with E-state index in [1.54, 1.807) is 29.5 Å². The maximum Gasteiger partial charge on any atom is 0.240 e. The predicted octanol–water partition coefficient (Wildman–Crippen LogP) is 3.98. The number of aromatic nitrogens is 2. The summed E-state index contributed by atoms with van der Waals surface area (Å²) in [5.41, 5.74) is 1.17. The lowest BCUT2D eigenvalue weighted by molar-refractivity contribution is -0.142. The normalized spacial score (nSPS) is 17.6. The summed E-state index contributed by atoms with van der Waals surface area (Å²) >= 11 is 1.55. The second-order valence-electron chi connectivity index (χ2n) is 9.05. The number of amides is 3. The number of pyridine rings is 1. The van der Waals surface area contributed by atoms with Gasteiger partial charge in [-0.1, -0.05) is 48.5 Å². The van der Waals surface area contributed by atoms with E-state index in [1.165, 1.54) is 4.90 Å². The number of carbonyl (C=O) groups is 3.